The van der Waals surface area contributed by atoms with E-state index in [0.717, 1.165) is 17.9 Å². The highest BCUT2D eigenvalue weighted by atomic mass is 16.1. The summed E-state index contributed by atoms with van der Waals surface area (Å²) in [4.78, 5) is 23.3. The van der Waals surface area contributed by atoms with E-state index in [9.17, 15) is 4.79 Å². The molecule has 1 aliphatic rings. The normalized spacial score (nSPS) is 18.9. The third-order valence-corrected chi connectivity index (χ3v) is 4.01. The lowest BCUT2D eigenvalue weighted by molar-refractivity contribution is -0.125. The van der Waals surface area contributed by atoms with E-state index in [-0.39, 0.29) is 5.78 Å². The predicted molar refractivity (Wildman–Crippen MR) is 76.1 cm³/mol. The van der Waals surface area contributed by atoms with Gasteiger partial charge in [-0.3, -0.25) is 19.7 Å². The number of aromatic nitrogens is 2. The summed E-state index contributed by atoms with van der Waals surface area (Å²) in [5.41, 5.74) is 1.22. The minimum Gasteiger partial charge on any atom is -0.300 e. The molecule has 1 fully saturated rings. The minimum atomic E-state index is -0.544. The number of pyridine rings is 2. The lowest BCUT2D eigenvalue weighted by atomic mass is 9.80. The predicted octanol–water partition coefficient (Wildman–Crippen LogP) is 2.01. The van der Waals surface area contributed by atoms with Crippen molar-refractivity contribution < 1.29 is 4.79 Å². The molecule has 0 saturated carbocycles. The van der Waals surface area contributed by atoms with Gasteiger partial charge in [-0.25, -0.2) is 0 Å². The maximum absolute atomic E-state index is 12.1. The van der Waals surface area contributed by atoms with Crippen LogP contribution in [0.25, 0.3) is 0 Å². The van der Waals surface area contributed by atoms with Crippen molar-refractivity contribution in [2.24, 2.45) is 0 Å². The molecule has 0 aromatic carbocycles. The van der Waals surface area contributed by atoms with Gasteiger partial charge < -0.3 is 0 Å². The first-order valence-electron chi connectivity index (χ1n) is 6.79. The number of hydrogen-bond donors (Lipinski definition) is 0. The Hall–Kier alpha value is -2.07. The lowest BCUT2D eigenvalue weighted by Crippen LogP contribution is -2.51. The zero-order valence-electron chi connectivity index (χ0n) is 11.5. The van der Waals surface area contributed by atoms with Gasteiger partial charge in [0.15, 0.2) is 0 Å². The second-order valence-electron chi connectivity index (χ2n) is 5.18. The Kier molecular flexibility index (Phi) is 3.32. The van der Waals surface area contributed by atoms with Crippen LogP contribution in [0.2, 0.25) is 0 Å². The van der Waals surface area contributed by atoms with Crippen molar-refractivity contribution >= 4 is 5.78 Å². The molecule has 0 N–H and O–H groups in total. The maximum Gasteiger partial charge on any atom is 0.136 e. The fourth-order valence-corrected chi connectivity index (χ4v) is 2.91. The zero-order chi connectivity index (χ0) is 14.0. The zero-order valence-corrected chi connectivity index (χ0v) is 11.5. The van der Waals surface area contributed by atoms with Crippen molar-refractivity contribution in [3.63, 3.8) is 0 Å². The van der Waals surface area contributed by atoms with Gasteiger partial charge in [-0.2, -0.15) is 0 Å². The van der Waals surface area contributed by atoms with Crippen molar-refractivity contribution in [1.82, 2.24) is 14.9 Å². The quantitative estimate of drug-likeness (QED) is 0.835. The number of likely N-dealkylation sites (tertiary alicyclic amines) is 1. The molecule has 1 saturated heterocycles. The van der Waals surface area contributed by atoms with Crippen molar-refractivity contribution in [3.05, 3.63) is 60.2 Å². The molecular weight excluding hydrogens is 250 g/mol. The van der Waals surface area contributed by atoms with Crippen LogP contribution in [0, 0.1) is 0 Å². The molecule has 0 amide bonds. The van der Waals surface area contributed by atoms with E-state index in [1.165, 1.54) is 0 Å². The Balaban J connectivity index is 2.19. The molecule has 4 nitrogen and oxygen atoms in total. The van der Waals surface area contributed by atoms with Crippen LogP contribution in [0.15, 0.2) is 48.8 Å². The molecule has 3 heterocycles. The van der Waals surface area contributed by atoms with E-state index in [0.29, 0.717) is 12.8 Å². The van der Waals surface area contributed by atoms with Crippen LogP contribution in [0.1, 0.15) is 24.2 Å². The van der Waals surface area contributed by atoms with Crippen molar-refractivity contribution in [1.29, 1.82) is 0 Å². The maximum atomic E-state index is 12.1. The van der Waals surface area contributed by atoms with Crippen LogP contribution in [-0.4, -0.2) is 34.2 Å². The molecule has 4 heteroatoms. The summed E-state index contributed by atoms with van der Waals surface area (Å²) in [5.74, 6) is 0.263. The highest BCUT2D eigenvalue weighted by Gasteiger charge is 2.45. The molecule has 1 aliphatic heterocycles. The number of hydrogen-bond acceptors (Lipinski definition) is 4. The highest BCUT2D eigenvalue weighted by molar-refractivity contribution is 5.81. The monoisotopic (exact) mass is 267 g/mol. The van der Waals surface area contributed by atoms with E-state index < -0.39 is 5.54 Å². The van der Waals surface area contributed by atoms with Crippen molar-refractivity contribution in [3.8, 4) is 0 Å². The fraction of sp³-hybridized carbons (Fsp3) is 0.312. The second-order valence-corrected chi connectivity index (χ2v) is 5.18. The molecule has 2 aromatic heterocycles. The number of rotatable bonds is 2. The van der Waals surface area contributed by atoms with Gasteiger partial charge in [0.1, 0.15) is 11.3 Å². The van der Waals surface area contributed by atoms with Crippen LogP contribution in [-0.2, 0) is 10.3 Å². The van der Waals surface area contributed by atoms with E-state index in [1.807, 2.05) is 43.4 Å². The molecule has 0 bridgehead atoms. The molecule has 2 aromatic rings. The van der Waals surface area contributed by atoms with Crippen LogP contribution < -0.4 is 0 Å². The first-order valence-corrected chi connectivity index (χ1v) is 6.79. The molecule has 0 spiro atoms. The van der Waals surface area contributed by atoms with Gasteiger partial charge in [0.2, 0.25) is 0 Å². The average Bonchev–Trinajstić information content (AvgIpc) is 2.51. The third-order valence-electron chi connectivity index (χ3n) is 4.01. The van der Waals surface area contributed by atoms with Gasteiger partial charge in [-0.05, 0) is 31.3 Å². The van der Waals surface area contributed by atoms with Gasteiger partial charge in [0, 0.05) is 31.8 Å². The summed E-state index contributed by atoms with van der Waals surface area (Å²) in [5, 5.41) is 0. The van der Waals surface area contributed by atoms with Crippen LogP contribution in [0.5, 0.6) is 0 Å². The standard InChI is InChI=1S/C16H17N3O/c1-19-11-8-13(20)12-16(19,14-6-2-4-9-17-14)15-7-3-5-10-18-15/h2-7,9-10H,8,11-12H2,1H3. The third kappa shape index (κ3) is 2.02. The first-order chi connectivity index (χ1) is 9.73. The molecule has 0 radical (unpaired) electrons. The summed E-state index contributed by atoms with van der Waals surface area (Å²) in [6, 6.07) is 11.6. The largest absolute Gasteiger partial charge is 0.300 e. The summed E-state index contributed by atoms with van der Waals surface area (Å²) in [7, 11) is 2.04. The summed E-state index contributed by atoms with van der Waals surface area (Å²) in [6.07, 6.45) is 4.56. The van der Waals surface area contributed by atoms with Crippen molar-refractivity contribution in [2.45, 2.75) is 18.4 Å². The number of nitrogens with zero attached hydrogens (tertiary/aromatic N) is 3. The Labute approximate surface area is 118 Å². The Morgan fingerprint density at radius 3 is 2.15 bits per heavy atom. The number of ketones is 1. The van der Waals surface area contributed by atoms with Crippen LogP contribution >= 0.6 is 0 Å². The second kappa shape index (κ2) is 5.13. The van der Waals surface area contributed by atoms with Gasteiger partial charge in [0.25, 0.3) is 0 Å². The van der Waals surface area contributed by atoms with Crippen molar-refractivity contribution in [2.75, 3.05) is 13.6 Å². The molecule has 20 heavy (non-hydrogen) atoms. The number of piperidine rings is 1. The Morgan fingerprint density at radius 2 is 1.65 bits per heavy atom. The van der Waals surface area contributed by atoms with Crippen LogP contribution in [0.3, 0.4) is 0 Å². The number of Topliss-reactive ketones (excluding diaryl/α,β-unsaturated/α-hetero) is 1. The summed E-state index contributed by atoms with van der Waals surface area (Å²) < 4.78 is 0. The van der Waals surface area contributed by atoms with Gasteiger partial charge in [0.05, 0.1) is 11.4 Å². The number of carbonyl (C=O) groups excluding carboxylic acids is 1. The average molecular weight is 267 g/mol. The lowest BCUT2D eigenvalue weighted by Gasteiger charge is -2.43. The van der Waals surface area contributed by atoms with Crippen LogP contribution in [0.4, 0.5) is 0 Å². The Morgan fingerprint density at radius 1 is 1.05 bits per heavy atom. The van der Waals surface area contributed by atoms with E-state index in [1.54, 1.807) is 12.4 Å². The van der Waals surface area contributed by atoms with E-state index in [4.69, 9.17) is 0 Å². The molecule has 102 valence electrons. The first kappa shape index (κ1) is 12.9. The topological polar surface area (TPSA) is 46.1 Å². The fourth-order valence-electron chi connectivity index (χ4n) is 2.91. The highest BCUT2D eigenvalue weighted by Crippen LogP contribution is 2.39. The molecule has 3 rings (SSSR count). The van der Waals surface area contributed by atoms with E-state index in [2.05, 4.69) is 14.9 Å². The smallest absolute Gasteiger partial charge is 0.136 e. The SMILES string of the molecule is CN1CCC(=O)CC1(c1ccccn1)c1ccccn1. The van der Waals surface area contributed by atoms with Gasteiger partial charge in [-0.1, -0.05) is 12.1 Å². The van der Waals surface area contributed by atoms with Gasteiger partial charge >= 0.3 is 0 Å². The van der Waals surface area contributed by atoms with E-state index >= 15 is 0 Å². The molecule has 0 aliphatic carbocycles. The molecule has 0 unspecified atom stereocenters. The molecule has 0 atom stereocenters. The summed E-state index contributed by atoms with van der Waals surface area (Å²) in [6.45, 7) is 0.728. The Bertz CT molecular complexity index is 558. The number of carbonyl (C=O) groups is 1. The minimum absolute atomic E-state index is 0.263. The van der Waals surface area contributed by atoms with Gasteiger partial charge in [-0.15, -0.1) is 0 Å². The summed E-state index contributed by atoms with van der Waals surface area (Å²) >= 11 is 0. The molecular formula is C16H17N3O.